The van der Waals surface area contributed by atoms with E-state index in [9.17, 15) is 9.59 Å². The Morgan fingerprint density at radius 2 is 1.85 bits per heavy atom. The van der Waals surface area contributed by atoms with Crippen molar-refractivity contribution < 1.29 is 19.1 Å². The standard InChI is InChI=1S/C22H36O4/c1-16(14-19(24)25-6)8-9-18-21(4)12-7-11-20(2,3)17(21)10-13-22(18,5)26-15-23/h14-15,17-18H,7-13H2,1-6H3/b16-14+/t17-,18-,21+,22-/m1/s1. The molecule has 4 atom stereocenters. The summed E-state index contributed by atoms with van der Waals surface area (Å²) < 4.78 is 10.4. The summed E-state index contributed by atoms with van der Waals surface area (Å²) in [5.74, 6) is 0.627. The van der Waals surface area contributed by atoms with Crippen LogP contribution in [0.1, 0.15) is 79.6 Å². The van der Waals surface area contributed by atoms with Crippen LogP contribution in [0.3, 0.4) is 0 Å². The van der Waals surface area contributed by atoms with Crippen LogP contribution in [0, 0.1) is 22.7 Å². The summed E-state index contributed by atoms with van der Waals surface area (Å²) in [5, 5.41) is 0. The lowest BCUT2D eigenvalue weighted by molar-refractivity contribution is -0.190. The van der Waals surface area contributed by atoms with Crippen LogP contribution in [-0.4, -0.2) is 25.2 Å². The predicted octanol–water partition coefficient (Wildman–Crippen LogP) is 5.06. The van der Waals surface area contributed by atoms with Crippen molar-refractivity contribution in [1.29, 1.82) is 0 Å². The number of esters is 1. The lowest BCUT2D eigenvalue weighted by atomic mass is 9.45. The Morgan fingerprint density at radius 3 is 2.46 bits per heavy atom. The third-order valence-corrected chi connectivity index (χ3v) is 7.45. The summed E-state index contributed by atoms with van der Waals surface area (Å²) in [6.45, 7) is 11.9. The second-order valence-electron chi connectivity index (χ2n) is 9.57. The first-order chi connectivity index (χ1) is 12.1. The molecule has 2 fully saturated rings. The molecule has 0 radical (unpaired) electrons. The topological polar surface area (TPSA) is 52.6 Å². The normalized spacial score (nSPS) is 36.8. The third kappa shape index (κ3) is 3.99. The fraction of sp³-hybridized carbons (Fsp3) is 0.818. The third-order valence-electron chi connectivity index (χ3n) is 7.45. The fourth-order valence-electron chi connectivity index (χ4n) is 6.20. The van der Waals surface area contributed by atoms with Gasteiger partial charge < -0.3 is 9.47 Å². The van der Waals surface area contributed by atoms with Crippen LogP contribution in [0.25, 0.3) is 0 Å². The molecular weight excluding hydrogens is 328 g/mol. The predicted molar refractivity (Wildman–Crippen MR) is 103 cm³/mol. The summed E-state index contributed by atoms with van der Waals surface area (Å²) in [6.07, 6.45) is 9.03. The molecule has 0 spiro atoms. The number of hydrogen-bond acceptors (Lipinski definition) is 4. The minimum Gasteiger partial charge on any atom is -0.466 e. The van der Waals surface area contributed by atoms with E-state index in [0.717, 1.165) is 31.3 Å². The van der Waals surface area contributed by atoms with E-state index >= 15 is 0 Å². The maximum Gasteiger partial charge on any atom is 0.330 e. The molecule has 0 amide bonds. The Morgan fingerprint density at radius 1 is 1.15 bits per heavy atom. The zero-order valence-electron chi connectivity index (χ0n) is 17.4. The second-order valence-corrected chi connectivity index (χ2v) is 9.57. The van der Waals surface area contributed by atoms with Crippen LogP contribution >= 0.6 is 0 Å². The lowest BCUT2D eigenvalue weighted by Gasteiger charge is -2.61. The number of ether oxygens (including phenoxy) is 2. The summed E-state index contributed by atoms with van der Waals surface area (Å²) >= 11 is 0. The first-order valence-corrected chi connectivity index (χ1v) is 9.95. The number of carbonyl (C=O) groups is 2. The van der Waals surface area contributed by atoms with Crippen molar-refractivity contribution >= 4 is 12.4 Å². The van der Waals surface area contributed by atoms with Crippen molar-refractivity contribution in [3.05, 3.63) is 11.6 Å². The second kappa shape index (κ2) is 7.74. The molecular formula is C22H36O4. The fourth-order valence-corrected chi connectivity index (χ4v) is 6.20. The van der Waals surface area contributed by atoms with Crippen LogP contribution < -0.4 is 0 Å². The Balaban J connectivity index is 2.29. The highest BCUT2D eigenvalue weighted by Gasteiger charge is 2.58. The molecule has 4 nitrogen and oxygen atoms in total. The number of carbonyl (C=O) groups excluding carboxylic acids is 2. The molecule has 0 aromatic heterocycles. The molecule has 148 valence electrons. The molecule has 0 heterocycles. The first-order valence-electron chi connectivity index (χ1n) is 9.95. The van der Waals surface area contributed by atoms with Crippen LogP contribution in [0.4, 0.5) is 0 Å². The van der Waals surface area contributed by atoms with Crippen molar-refractivity contribution in [2.75, 3.05) is 7.11 Å². The van der Waals surface area contributed by atoms with Crippen molar-refractivity contribution in [3.8, 4) is 0 Å². The van der Waals surface area contributed by atoms with Gasteiger partial charge in [-0.15, -0.1) is 0 Å². The van der Waals surface area contributed by atoms with Gasteiger partial charge in [0, 0.05) is 12.0 Å². The highest BCUT2D eigenvalue weighted by Crippen LogP contribution is 2.63. The van der Waals surface area contributed by atoms with Crippen LogP contribution in [0.15, 0.2) is 11.6 Å². The van der Waals surface area contributed by atoms with Gasteiger partial charge in [0.1, 0.15) is 5.60 Å². The van der Waals surface area contributed by atoms with Gasteiger partial charge in [-0.3, -0.25) is 4.79 Å². The number of fused-ring (bicyclic) bond motifs is 1. The molecule has 2 aliphatic carbocycles. The maximum absolute atomic E-state index is 11.5. The minimum absolute atomic E-state index is 0.156. The van der Waals surface area contributed by atoms with Gasteiger partial charge in [-0.1, -0.05) is 32.8 Å². The first kappa shape index (κ1) is 21.0. The van der Waals surface area contributed by atoms with Gasteiger partial charge >= 0.3 is 5.97 Å². The molecule has 0 aliphatic heterocycles. The number of allylic oxidation sites excluding steroid dienone is 1. The van der Waals surface area contributed by atoms with Crippen LogP contribution in [-0.2, 0) is 19.1 Å². The van der Waals surface area contributed by atoms with E-state index in [1.807, 2.05) is 6.92 Å². The summed E-state index contributed by atoms with van der Waals surface area (Å²) in [5.41, 5.74) is 1.08. The average molecular weight is 365 g/mol. The molecule has 0 saturated heterocycles. The molecule has 0 aromatic rings. The molecule has 26 heavy (non-hydrogen) atoms. The van der Waals surface area contributed by atoms with Gasteiger partial charge in [0.2, 0.25) is 0 Å². The molecule has 0 bridgehead atoms. The van der Waals surface area contributed by atoms with E-state index < -0.39 is 5.60 Å². The SMILES string of the molecule is COC(=O)/C=C(\C)CC[C@@H]1[C@@]2(C)CCCC(C)(C)[C@H]2CC[C@@]1(C)OC=O. The molecule has 0 aromatic carbocycles. The Hall–Kier alpha value is -1.32. The van der Waals surface area contributed by atoms with Gasteiger partial charge in [0.25, 0.3) is 6.47 Å². The van der Waals surface area contributed by atoms with Crippen LogP contribution in [0.2, 0.25) is 0 Å². The zero-order valence-corrected chi connectivity index (χ0v) is 17.4. The van der Waals surface area contributed by atoms with Gasteiger partial charge in [-0.25, -0.2) is 4.79 Å². The van der Waals surface area contributed by atoms with E-state index in [4.69, 9.17) is 9.47 Å². The van der Waals surface area contributed by atoms with Gasteiger partial charge in [-0.05, 0) is 69.1 Å². The van der Waals surface area contributed by atoms with Crippen molar-refractivity contribution in [2.45, 2.75) is 85.2 Å². The van der Waals surface area contributed by atoms with E-state index in [0.29, 0.717) is 23.7 Å². The Kier molecular flexibility index (Phi) is 6.24. The van der Waals surface area contributed by atoms with Crippen molar-refractivity contribution in [3.63, 3.8) is 0 Å². The summed E-state index contributed by atoms with van der Waals surface area (Å²) in [7, 11) is 1.40. The molecule has 0 N–H and O–H groups in total. The highest BCUT2D eigenvalue weighted by atomic mass is 16.5. The highest BCUT2D eigenvalue weighted by molar-refractivity contribution is 5.82. The lowest BCUT2D eigenvalue weighted by Crippen LogP contribution is -2.58. The molecule has 4 heteroatoms. The van der Waals surface area contributed by atoms with Crippen molar-refractivity contribution in [2.24, 2.45) is 22.7 Å². The number of methoxy groups -OCH3 is 1. The largest absolute Gasteiger partial charge is 0.466 e. The summed E-state index contributed by atoms with van der Waals surface area (Å²) in [6, 6.07) is 0. The van der Waals surface area contributed by atoms with Gasteiger partial charge in [0.15, 0.2) is 0 Å². The van der Waals surface area contributed by atoms with E-state index in [1.54, 1.807) is 6.08 Å². The van der Waals surface area contributed by atoms with E-state index in [1.165, 1.54) is 26.4 Å². The zero-order chi connectivity index (χ0) is 19.6. The van der Waals surface area contributed by atoms with Crippen LogP contribution in [0.5, 0.6) is 0 Å². The molecule has 2 rings (SSSR count). The van der Waals surface area contributed by atoms with Crippen molar-refractivity contribution in [1.82, 2.24) is 0 Å². The quantitative estimate of drug-likeness (QED) is 0.375. The molecule has 0 unspecified atom stereocenters. The number of hydrogen-bond donors (Lipinski definition) is 0. The maximum atomic E-state index is 11.5. The molecule has 2 aliphatic rings. The average Bonchev–Trinajstić information content (AvgIpc) is 2.53. The molecule has 2 saturated carbocycles. The van der Waals surface area contributed by atoms with Gasteiger partial charge in [0.05, 0.1) is 7.11 Å². The van der Waals surface area contributed by atoms with E-state index in [2.05, 4.69) is 27.7 Å². The minimum atomic E-state index is -0.425. The summed E-state index contributed by atoms with van der Waals surface area (Å²) in [4.78, 5) is 22.8. The van der Waals surface area contributed by atoms with Gasteiger partial charge in [-0.2, -0.15) is 0 Å². The van der Waals surface area contributed by atoms with E-state index in [-0.39, 0.29) is 11.4 Å². The Bertz CT molecular complexity index is 564. The Labute approximate surface area is 158 Å². The number of rotatable bonds is 6. The smallest absolute Gasteiger partial charge is 0.330 e. The monoisotopic (exact) mass is 364 g/mol.